The summed E-state index contributed by atoms with van der Waals surface area (Å²) in [5.74, 6) is 0.258. The third kappa shape index (κ3) is 4.59. The van der Waals surface area contributed by atoms with E-state index in [1.807, 2.05) is 23.1 Å². The number of pyridine rings is 1. The summed E-state index contributed by atoms with van der Waals surface area (Å²) < 4.78 is 0. The van der Waals surface area contributed by atoms with Gasteiger partial charge in [-0.05, 0) is 57.6 Å². The van der Waals surface area contributed by atoms with Crippen molar-refractivity contribution in [2.75, 3.05) is 19.6 Å². The number of likely N-dealkylation sites (tertiary alicyclic amines) is 1. The van der Waals surface area contributed by atoms with Crippen molar-refractivity contribution in [2.45, 2.75) is 71.5 Å². The molecule has 164 valence electrons. The Morgan fingerprint density at radius 3 is 2.47 bits per heavy atom. The number of allylic oxidation sites excluding steroid dienone is 1. The van der Waals surface area contributed by atoms with Gasteiger partial charge in [-0.25, -0.2) is 4.79 Å². The van der Waals surface area contributed by atoms with Crippen LogP contribution >= 0.6 is 0 Å². The molecular weight excluding hydrogens is 376 g/mol. The molecule has 0 saturated carbocycles. The molecule has 1 aromatic rings. The molecule has 2 saturated heterocycles. The first-order valence-corrected chi connectivity index (χ1v) is 11.2. The van der Waals surface area contributed by atoms with Crippen molar-refractivity contribution < 1.29 is 9.59 Å². The van der Waals surface area contributed by atoms with Crippen LogP contribution in [-0.2, 0) is 11.3 Å². The minimum absolute atomic E-state index is 0.0481. The number of nitrogens with zero attached hydrogens (tertiary/aromatic N) is 4. The molecule has 3 heterocycles. The van der Waals surface area contributed by atoms with Crippen LogP contribution in [0.3, 0.4) is 0 Å². The van der Waals surface area contributed by atoms with Gasteiger partial charge in [0.05, 0.1) is 12.2 Å². The molecule has 0 radical (unpaired) electrons. The summed E-state index contributed by atoms with van der Waals surface area (Å²) in [5, 5.41) is 0. The van der Waals surface area contributed by atoms with Crippen LogP contribution in [0.4, 0.5) is 4.79 Å². The van der Waals surface area contributed by atoms with Gasteiger partial charge < -0.3 is 9.80 Å². The molecule has 0 N–H and O–H groups in total. The second kappa shape index (κ2) is 9.29. The number of carbonyl (C=O) groups is 2. The Hall–Kier alpha value is -2.21. The molecule has 3 rings (SSSR count). The van der Waals surface area contributed by atoms with Crippen molar-refractivity contribution in [1.29, 1.82) is 0 Å². The van der Waals surface area contributed by atoms with Gasteiger partial charge in [0.2, 0.25) is 0 Å². The minimum atomic E-state index is -0.708. The van der Waals surface area contributed by atoms with E-state index in [0.717, 1.165) is 31.6 Å². The van der Waals surface area contributed by atoms with Crippen LogP contribution in [0.5, 0.6) is 0 Å². The van der Waals surface area contributed by atoms with Gasteiger partial charge in [-0.1, -0.05) is 25.5 Å². The Balaban J connectivity index is 1.77. The van der Waals surface area contributed by atoms with E-state index >= 15 is 0 Å². The van der Waals surface area contributed by atoms with Crippen LogP contribution in [0, 0.1) is 5.92 Å². The topological polar surface area (TPSA) is 56.8 Å². The fourth-order valence-electron chi connectivity index (χ4n) is 4.65. The Bertz CT molecular complexity index is 769. The highest BCUT2D eigenvalue weighted by molar-refractivity contribution is 6.07. The zero-order chi connectivity index (χ0) is 21.9. The molecular formula is C24H36N4O2. The van der Waals surface area contributed by atoms with Gasteiger partial charge in [-0.2, -0.15) is 0 Å². The zero-order valence-electron chi connectivity index (χ0n) is 18.9. The van der Waals surface area contributed by atoms with Crippen molar-refractivity contribution in [3.05, 3.63) is 42.2 Å². The minimum Gasteiger partial charge on any atom is -0.309 e. The normalized spacial score (nSPS) is 20.4. The smallest absolute Gasteiger partial charge is 0.309 e. The first kappa shape index (κ1) is 22.5. The number of rotatable bonds is 8. The van der Waals surface area contributed by atoms with Crippen molar-refractivity contribution >= 4 is 11.9 Å². The fourth-order valence-corrected chi connectivity index (χ4v) is 4.65. The Morgan fingerprint density at radius 2 is 1.90 bits per heavy atom. The van der Waals surface area contributed by atoms with Crippen molar-refractivity contribution in [1.82, 2.24) is 19.7 Å². The van der Waals surface area contributed by atoms with E-state index in [1.54, 1.807) is 6.20 Å². The first-order chi connectivity index (χ1) is 14.2. The molecule has 0 aliphatic carbocycles. The van der Waals surface area contributed by atoms with Gasteiger partial charge in [0.15, 0.2) is 0 Å². The van der Waals surface area contributed by atoms with Crippen molar-refractivity contribution in [3.8, 4) is 0 Å². The predicted molar refractivity (Wildman–Crippen MR) is 119 cm³/mol. The molecule has 1 spiro atoms. The number of aromatic nitrogens is 1. The van der Waals surface area contributed by atoms with Crippen molar-refractivity contribution in [2.24, 2.45) is 5.92 Å². The number of urea groups is 1. The number of carbonyl (C=O) groups excluding carboxylic acids is 2. The van der Waals surface area contributed by atoms with Gasteiger partial charge in [0.25, 0.3) is 5.91 Å². The Morgan fingerprint density at radius 1 is 1.20 bits per heavy atom. The maximum atomic E-state index is 13.6. The van der Waals surface area contributed by atoms with E-state index in [4.69, 9.17) is 0 Å². The maximum absolute atomic E-state index is 13.6. The van der Waals surface area contributed by atoms with Crippen LogP contribution in [0.2, 0.25) is 0 Å². The lowest BCUT2D eigenvalue weighted by molar-refractivity contribution is -0.136. The third-order valence-corrected chi connectivity index (χ3v) is 6.45. The van der Waals surface area contributed by atoms with Crippen LogP contribution in [0.1, 0.15) is 59.1 Å². The second-order valence-electron chi connectivity index (χ2n) is 9.41. The van der Waals surface area contributed by atoms with E-state index in [1.165, 1.54) is 10.5 Å². The number of imide groups is 1. The summed E-state index contributed by atoms with van der Waals surface area (Å²) in [5.41, 5.74) is 1.24. The lowest BCUT2D eigenvalue weighted by Crippen LogP contribution is -2.58. The predicted octanol–water partition coefficient (Wildman–Crippen LogP) is 4.08. The molecule has 6 heteroatoms. The summed E-state index contributed by atoms with van der Waals surface area (Å²) in [6, 6.07) is 5.89. The Kier molecular flexibility index (Phi) is 6.96. The molecule has 2 aliphatic heterocycles. The van der Waals surface area contributed by atoms with Crippen molar-refractivity contribution in [3.63, 3.8) is 0 Å². The largest absolute Gasteiger partial charge is 0.328 e. The van der Waals surface area contributed by atoms with Crippen LogP contribution in [0.15, 0.2) is 36.5 Å². The number of piperidine rings is 1. The summed E-state index contributed by atoms with van der Waals surface area (Å²) in [6.45, 7) is 15.1. The highest BCUT2D eigenvalue weighted by atomic mass is 16.2. The molecule has 30 heavy (non-hydrogen) atoms. The lowest BCUT2D eigenvalue weighted by atomic mass is 9.84. The quantitative estimate of drug-likeness (QED) is 0.477. The SMILES string of the molecule is C=C(C)CC[C@@H](C)N1CCC2(CC1)C(=O)N(Cc1ccccn1)C(=O)N2CC(C)C. The van der Waals surface area contributed by atoms with Gasteiger partial charge >= 0.3 is 6.03 Å². The van der Waals surface area contributed by atoms with E-state index in [2.05, 4.69) is 44.2 Å². The monoisotopic (exact) mass is 412 g/mol. The first-order valence-electron chi connectivity index (χ1n) is 11.2. The van der Waals surface area contributed by atoms with Crippen LogP contribution < -0.4 is 0 Å². The average molecular weight is 413 g/mol. The molecule has 6 nitrogen and oxygen atoms in total. The standard InChI is InChI=1S/C24H36N4O2/c1-18(2)9-10-20(5)26-14-11-24(12-15-26)22(29)27(17-21-8-6-7-13-25-21)23(30)28(24)16-19(3)4/h6-8,13,19-20H,1,9-12,14-17H2,2-5H3/t20-/m1/s1. The second-order valence-corrected chi connectivity index (χ2v) is 9.41. The molecule has 0 bridgehead atoms. The zero-order valence-corrected chi connectivity index (χ0v) is 18.9. The molecule has 1 atom stereocenters. The maximum Gasteiger partial charge on any atom is 0.328 e. The van der Waals surface area contributed by atoms with Crippen LogP contribution in [-0.4, -0.2) is 62.8 Å². The number of amides is 3. The molecule has 2 fully saturated rings. The van der Waals surface area contributed by atoms with E-state index in [-0.39, 0.29) is 18.5 Å². The summed E-state index contributed by atoms with van der Waals surface area (Å²) >= 11 is 0. The molecule has 0 unspecified atom stereocenters. The number of hydrogen-bond donors (Lipinski definition) is 0. The average Bonchev–Trinajstić information content (AvgIpc) is 2.89. The highest BCUT2D eigenvalue weighted by Gasteiger charge is 2.58. The van der Waals surface area contributed by atoms with E-state index in [9.17, 15) is 9.59 Å². The third-order valence-electron chi connectivity index (χ3n) is 6.45. The van der Waals surface area contributed by atoms with Gasteiger partial charge in [0, 0.05) is 31.9 Å². The molecule has 2 aliphatic rings. The number of hydrogen-bond acceptors (Lipinski definition) is 4. The molecule has 3 amide bonds. The Labute approximate surface area is 180 Å². The molecule has 1 aromatic heterocycles. The summed E-state index contributed by atoms with van der Waals surface area (Å²) in [6.07, 6.45) is 5.20. The highest BCUT2D eigenvalue weighted by Crippen LogP contribution is 2.39. The van der Waals surface area contributed by atoms with E-state index < -0.39 is 5.54 Å². The molecule has 0 aromatic carbocycles. The van der Waals surface area contributed by atoms with E-state index in [0.29, 0.717) is 31.3 Å². The van der Waals surface area contributed by atoms with Gasteiger partial charge in [-0.3, -0.25) is 14.7 Å². The fraction of sp³-hybridized carbons (Fsp3) is 0.625. The van der Waals surface area contributed by atoms with Gasteiger partial charge in [-0.15, -0.1) is 6.58 Å². The summed E-state index contributed by atoms with van der Waals surface area (Å²) in [7, 11) is 0. The lowest BCUT2D eigenvalue weighted by Gasteiger charge is -2.44. The van der Waals surface area contributed by atoms with Crippen LogP contribution in [0.25, 0.3) is 0 Å². The summed E-state index contributed by atoms with van der Waals surface area (Å²) in [4.78, 5) is 36.9. The van der Waals surface area contributed by atoms with Gasteiger partial charge in [0.1, 0.15) is 5.54 Å².